The SMILES string of the molecule is COC(=O)c1ccccc1Oc1ccc(NC=C(C#N)C#N)cc1. The fourth-order valence-electron chi connectivity index (χ4n) is 1.83. The molecule has 2 aromatic carbocycles. The average Bonchev–Trinajstić information content (AvgIpc) is 2.63. The molecule has 0 amide bonds. The number of hydrogen-bond donors (Lipinski definition) is 1. The first-order valence-corrected chi connectivity index (χ1v) is 6.90. The van der Waals surface area contributed by atoms with Gasteiger partial charge in [0.25, 0.3) is 0 Å². The quantitative estimate of drug-likeness (QED) is 0.668. The number of anilines is 1. The Bertz CT molecular complexity index is 827. The molecule has 0 spiro atoms. The second kappa shape index (κ2) is 8.02. The van der Waals surface area contributed by atoms with E-state index in [2.05, 4.69) is 5.32 Å². The predicted octanol–water partition coefficient (Wildman–Crippen LogP) is 3.61. The van der Waals surface area contributed by atoms with E-state index in [-0.39, 0.29) is 5.57 Å². The Kier molecular flexibility index (Phi) is 5.55. The van der Waals surface area contributed by atoms with E-state index in [1.807, 2.05) is 0 Å². The summed E-state index contributed by atoms with van der Waals surface area (Å²) in [5.74, 6) is 0.442. The Hall–Kier alpha value is -3.77. The van der Waals surface area contributed by atoms with Crippen molar-refractivity contribution in [3.8, 4) is 23.6 Å². The molecule has 2 rings (SSSR count). The van der Waals surface area contributed by atoms with Crippen LogP contribution in [0.25, 0.3) is 0 Å². The minimum atomic E-state index is -0.477. The van der Waals surface area contributed by atoms with Gasteiger partial charge < -0.3 is 14.8 Å². The fourth-order valence-corrected chi connectivity index (χ4v) is 1.83. The Balaban J connectivity index is 2.13. The number of carbonyl (C=O) groups is 1. The highest BCUT2D eigenvalue weighted by Gasteiger charge is 2.12. The van der Waals surface area contributed by atoms with E-state index < -0.39 is 5.97 Å². The molecule has 0 aromatic heterocycles. The van der Waals surface area contributed by atoms with Crippen LogP contribution >= 0.6 is 0 Å². The van der Waals surface area contributed by atoms with E-state index in [9.17, 15) is 4.79 Å². The minimum Gasteiger partial charge on any atom is -0.465 e. The summed E-state index contributed by atoms with van der Waals surface area (Å²) in [5.41, 5.74) is 0.992. The van der Waals surface area contributed by atoms with Crippen molar-refractivity contribution in [1.29, 1.82) is 10.5 Å². The van der Waals surface area contributed by atoms with Crippen LogP contribution in [0.15, 0.2) is 60.3 Å². The van der Waals surface area contributed by atoms with Crippen molar-refractivity contribution in [2.24, 2.45) is 0 Å². The molecule has 0 saturated carbocycles. The summed E-state index contributed by atoms with van der Waals surface area (Å²) in [5, 5.41) is 20.2. The van der Waals surface area contributed by atoms with Crippen LogP contribution in [0.3, 0.4) is 0 Å². The van der Waals surface area contributed by atoms with Crippen molar-refractivity contribution in [1.82, 2.24) is 0 Å². The molecule has 0 saturated heterocycles. The van der Waals surface area contributed by atoms with E-state index in [0.717, 1.165) is 0 Å². The zero-order chi connectivity index (χ0) is 17.4. The molecule has 0 atom stereocenters. The highest BCUT2D eigenvalue weighted by Crippen LogP contribution is 2.26. The number of nitriles is 2. The Morgan fingerprint density at radius 1 is 1.08 bits per heavy atom. The number of methoxy groups -OCH3 is 1. The number of carbonyl (C=O) groups excluding carboxylic acids is 1. The van der Waals surface area contributed by atoms with Crippen LogP contribution in [0.5, 0.6) is 11.5 Å². The summed E-state index contributed by atoms with van der Waals surface area (Å²) >= 11 is 0. The molecule has 1 N–H and O–H groups in total. The first-order valence-electron chi connectivity index (χ1n) is 6.90. The number of nitrogens with zero attached hydrogens (tertiary/aromatic N) is 2. The normalized spacial score (nSPS) is 9.12. The smallest absolute Gasteiger partial charge is 0.341 e. The Morgan fingerprint density at radius 3 is 2.38 bits per heavy atom. The standard InChI is InChI=1S/C18H13N3O3/c1-23-18(22)16-4-2-3-5-17(16)24-15-8-6-14(7-9-15)21-12-13(10-19)11-20/h2-9,12,21H,1H3. The molecule has 24 heavy (non-hydrogen) atoms. The largest absolute Gasteiger partial charge is 0.465 e. The lowest BCUT2D eigenvalue weighted by Crippen LogP contribution is -2.03. The van der Waals surface area contributed by atoms with Crippen molar-refractivity contribution in [2.45, 2.75) is 0 Å². The van der Waals surface area contributed by atoms with Crippen molar-refractivity contribution in [3.63, 3.8) is 0 Å². The molecule has 118 valence electrons. The molecule has 0 aliphatic heterocycles. The van der Waals surface area contributed by atoms with Gasteiger partial charge in [-0.3, -0.25) is 0 Å². The first-order chi connectivity index (χ1) is 11.7. The molecule has 0 radical (unpaired) electrons. The monoisotopic (exact) mass is 319 g/mol. The first kappa shape index (κ1) is 16.6. The maximum Gasteiger partial charge on any atom is 0.341 e. The Labute approximate surface area is 139 Å². The predicted molar refractivity (Wildman–Crippen MR) is 87.2 cm³/mol. The lowest BCUT2D eigenvalue weighted by atomic mass is 10.2. The zero-order valence-corrected chi connectivity index (χ0v) is 12.8. The van der Waals surface area contributed by atoms with Gasteiger partial charge in [0.1, 0.15) is 34.8 Å². The summed E-state index contributed by atoms with van der Waals surface area (Å²) in [7, 11) is 1.31. The van der Waals surface area contributed by atoms with Gasteiger partial charge in [-0.05, 0) is 36.4 Å². The van der Waals surface area contributed by atoms with Gasteiger partial charge in [-0.25, -0.2) is 4.79 Å². The third-order valence-corrected chi connectivity index (χ3v) is 3.00. The summed E-state index contributed by atoms with van der Waals surface area (Å²) in [6, 6.07) is 17.1. The topological polar surface area (TPSA) is 95.1 Å². The van der Waals surface area contributed by atoms with Gasteiger partial charge in [-0.2, -0.15) is 10.5 Å². The maximum absolute atomic E-state index is 11.7. The molecule has 0 heterocycles. The second-order valence-corrected chi connectivity index (χ2v) is 4.54. The van der Waals surface area contributed by atoms with Gasteiger partial charge in [0, 0.05) is 11.9 Å². The number of ether oxygens (including phenoxy) is 2. The minimum absolute atomic E-state index is 0.0256. The van der Waals surface area contributed by atoms with Crippen LogP contribution in [0.1, 0.15) is 10.4 Å². The third-order valence-electron chi connectivity index (χ3n) is 3.00. The van der Waals surface area contributed by atoms with Crippen LogP contribution in [-0.2, 0) is 4.74 Å². The number of allylic oxidation sites excluding steroid dienone is 1. The molecular weight excluding hydrogens is 306 g/mol. The number of para-hydroxylation sites is 1. The van der Waals surface area contributed by atoms with E-state index in [0.29, 0.717) is 22.7 Å². The highest BCUT2D eigenvalue weighted by molar-refractivity contribution is 5.92. The Morgan fingerprint density at radius 2 is 1.75 bits per heavy atom. The van der Waals surface area contributed by atoms with Gasteiger partial charge in [0.05, 0.1) is 7.11 Å². The average molecular weight is 319 g/mol. The summed E-state index contributed by atoms with van der Waals surface area (Å²) in [6.45, 7) is 0. The molecule has 6 heteroatoms. The molecule has 6 nitrogen and oxygen atoms in total. The van der Waals surface area contributed by atoms with Gasteiger partial charge in [-0.1, -0.05) is 12.1 Å². The molecule has 0 bridgehead atoms. The van der Waals surface area contributed by atoms with E-state index in [1.54, 1.807) is 60.7 Å². The molecule has 0 aliphatic rings. The van der Waals surface area contributed by atoms with Crippen LogP contribution in [0.4, 0.5) is 5.69 Å². The fraction of sp³-hybridized carbons (Fsp3) is 0.0556. The molecular formula is C18H13N3O3. The van der Waals surface area contributed by atoms with Crippen LogP contribution in [0, 0.1) is 22.7 Å². The lowest BCUT2D eigenvalue weighted by Gasteiger charge is -2.10. The van der Waals surface area contributed by atoms with Crippen molar-refractivity contribution in [3.05, 3.63) is 65.9 Å². The van der Waals surface area contributed by atoms with Crippen LogP contribution < -0.4 is 10.1 Å². The number of rotatable bonds is 5. The van der Waals surface area contributed by atoms with Crippen LogP contribution in [0.2, 0.25) is 0 Å². The number of nitrogens with one attached hydrogen (secondary N) is 1. The van der Waals surface area contributed by atoms with Gasteiger partial charge in [-0.15, -0.1) is 0 Å². The van der Waals surface area contributed by atoms with E-state index in [4.69, 9.17) is 20.0 Å². The second-order valence-electron chi connectivity index (χ2n) is 4.54. The molecule has 2 aromatic rings. The highest BCUT2D eigenvalue weighted by atomic mass is 16.5. The number of benzene rings is 2. The maximum atomic E-state index is 11.7. The zero-order valence-electron chi connectivity index (χ0n) is 12.8. The number of hydrogen-bond acceptors (Lipinski definition) is 6. The summed E-state index contributed by atoms with van der Waals surface area (Å²) in [4.78, 5) is 11.7. The molecule has 0 unspecified atom stereocenters. The van der Waals surface area contributed by atoms with Crippen molar-refractivity contribution in [2.75, 3.05) is 12.4 Å². The summed E-state index contributed by atoms with van der Waals surface area (Å²) in [6.07, 6.45) is 1.32. The third kappa shape index (κ3) is 4.12. The van der Waals surface area contributed by atoms with Crippen LogP contribution in [-0.4, -0.2) is 13.1 Å². The van der Waals surface area contributed by atoms with E-state index >= 15 is 0 Å². The summed E-state index contributed by atoms with van der Waals surface area (Å²) < 4.78 is 10.4. The number of esters is 1. The van der Waals surface area contributed by atoms with E-state index in [1.165, 1.54) is 13.3 Å². The molecule has 0 fully saturated rings. The van der Waals surface area contributed by atoms with Crippen molar-refractivity contribution < 1.29 is 14.3 Å². The van der Waals surface area contributed by atoms with Crippen molar-refractivity contribution >= 4 is 11.7 Å². The van der Waals surface area contributed by atoms with Gasteiger partial charge in [0.2, 0.25) is 0 Å². The lowest BCUT2D eigenvalue weighted by molar-refractivity contribution is 0.0598. The molecule has 0 aliphatic carbocycles. The van der Waals surface area contributed by atoms with Gasteiger partial charge >= 0.3 is 5.97 Å². The van der Waals surface area contributed by atoms with Gasteiger partial charge in [0.15, 0.2) is 0 Å².